The fourth-order valence-electron chi connectivity index (χ4n) is 2.38. The van der Waals surface area contributed by atoms with Crippen LogP contribution in [0.2, 0.25) is 0 Å². The molecule has 1 N–H and O–H groups in total. The number of nitrogens with one attached hydrogen (secondary N) is 1. The van der Waals surface area contributed by atoms with Crippen molar-refractivity contribution in [1.29, 1.82) is 0 Å². The third-order valence-corrected chi connectivity index (χ3v) is 3.86. The van der Waals surface area contributed by atoms with Crippen molar-refractivity contribution in [2.45, 2.75) is 39.0 Å². The highest BCUT2D eigenvalue weighted by Crippen LogP contribution is 2.29. The molecule has 0 saturated heterocycles. The number of aromatic nitrogens is 1. The number of guanidine groups is 1. The molecule has 0 aliphatic heterocycles. The Morgan fingerprint density at radius 3 is 2.37 bits per heavy atom. The van der Waals surface area contributed by atoms with Crippen molar-refractivity contribution >= 4 is 29.9 Å². The van der Waals surface area contributed by atoms with E-state index in [0.717, 1.165) is 23.4 Å². The van der Waals surface area contributed by atoms with Gasteiger partial charge in [0.1, 0.15) is 0 Å². The van der Waals surface area contributed by atoms with Crippen molar-refractivity contribution in [2.24, 2.45) is 4.99 Å². The lowest BCUT2D eigenvalue weighted by molar-refractivity contribution is -0.137. The van der Waals surface area contributed by atoms with Gasteiger partial charge in [-0.1, -0.05) is 31.1 Å². The van der Waals surface area contributed by atoms with Crippen molar-refractivity contribution in [3.8, 4) is 0 Å². The Balaban J connectivity index is 0.00000364. The van der Waals surface area contributed by atoms with Gasteiger partial charge in [0.25, 0.3) is 0 Å². The molecule has 150 valence electrons. The van der Waals surface area contributed by atoms with Crippen molar-refractivity contribution in [1.82, 2.24) is 15.4 Å². The fraction of sp³-hybridized carbons (Fsp3) is 0.444. The zero-order valence-corrected chi connectivity index (χ0v) is 18.0. The molecule has 0 spiro atoms. The van der Waals surface area contributed by atoms with E-state index in [9.17, 15) is 13.2 Å². The Kier molecular flexibility index (Phi) is 8.58. The molecule has 0 atom stereocenters. The average molecular weight is 496 g/mol. The molecule has 1 heterocycles. The highest BCUT2D eigenvalue weighted by atomic mass is 127. The maximum Gasteiger partial charge on any atom is 0.416 e. The van der Waals surface area contributed by atoms with Crippen LogP contribution in [0.25, 0.3) is 0 Å². The molecule has 2 aromatic rings. The number of hydrogen-bond acceptors (Lipinski definition) is 3. The quantitative estimate of drug-likeness (QED) is 0.373. The third kappa shape index (κ3) is 6.71. The molecular weight excluding hydrogens is 472 g/mol. The average Bonchev–Trinajstić information content (AvgIpc) is 3.04. The van der Waals surface area contributed by atoms with Gasteiger partial charge in [-0.2, -0.15) is 13.2 Å². The van der Waals surface area contributed by atoms with Crippen LogP contribution < -0.4 is 5.32 Å². The van der Waals surface area contributed by atoms with E-state index < -0.39 is 11.7 Å². The molecule has 0 aliphatic carbocycles. The smallest absolute Gasteiger partial charge is 0.359 e. The zero-order valence-electron chi connectivity index (χ0n) is 15.7. The summed E-state index contributed by atoms with van der Waals surface area (Å²) < 4.78 is 43.1. The molecule has 0 fully saturated rings. The van der Waals surface area contributed by atoms with E-state index in [1.54, 1.807) is 7.05 Å². The first-order chi connectivity index (χ1) is 12.2. The number of halogens is 4. The van der Waals surface area contributed by atoms with Crippen LogP contribution >= 0.6 is 24.0 Å². The molecule has 27 heavy (non-hydrogen) atoms. The number of benzene rings is 1. The number of nitrogens with zero attached hydrogens (tertiary/aromatic N) is 3. The van der Waals surface area contributed by atoms with E-state index in [1.807, 2.05) is 31.9 Å². The first-order valence-electron chi connectivity index (χ1n) is 8.24. The molecule has 0 radical (unpaired) electrons. The summed E-state index contributed by atoms with van der Waals surface area (Å²) in [5.41, 5.74) is 0.984. The molecule has 0 saturated carbocycles. The van der Waals surface area contributed by atoms with Crippen molar-refractivity contribution < 1.29 is 17.7 Å². The second-order valence-corrected chi connectivity index (χ2v) is 6.32. The first kappa shape index (κ1) is 23.3. The van der Waals surface area contributed by atoms with Crippen LogP contribution in [0.4, 0.5) is 13.2 Å². The van der Waals surface area contributed by atoms with Gasteiger partial charge in [-0.3, -0.25) is 4.99 Å². The van der Waals surface area contributed by atoms with Gasteiger partial charge in [-0.05, 0) is 23.6 Å². The Labute approximate surface area is 174 Å². The maximum absolute atomic E-state index is 12.6. The Morgan fingerprint density at radius 2 is 1.89 bits per heavy atom. The Bertz CT molecular complexity index is 742. The molecule has 0 aliphatic rings. The van der Waals surface area contributed by atoms with Gasteiger partial charge in [0, 0.05) is 26.7 Å². The molecule has 0 unspecified atom stereocenters. The largest absolute Gasteiger partial charge is 0.416 e. The minimum absolute atomic E-state index is 0. The van der Waals surface area contributed by atoms with Gasteiger partial charge in [-0.25, -0.2) is 0 Å². The summed E-state index contributed by atoms with van der Waals surface area (Å²) >= 11 is 0. The minimum Gasteiger partial charge on any atom is -0.359 e. The second-order valence-electron chi connectivity index (χ2n) is 6.32. The van der Waals surface area contributed by atoms with Crippen molar-refractivity contribution in [3.05, 3.63) is 52.9 Å². The molecule has 5 nitrogen and oxygen atoms in total. The fourth-order valence-corrected chi connectivity index (χ4v) is 2.38. The summed E-state index contributed by atoms with van der Waals surface area (Å²) in [4.78, 5) is 6.01. The number of aliphatic imine (C=N–C) groups is 1. The van der Waals surface area contributed by atoms with E-state index in [-0.39, 0.29) is 29.9 Å². The lowest BCUT2D eigenvalue weighted by Crippen LogP contribution is -2.37. The lowest BCUT2D eigenvalue weighted by atomic mass is 10.1. The van der Waals surface area contributed by atoms with Crippen LogP contribution in [0.1, 0.15) is 42.3 Å². The van der Waals surface area contributed by atoms with Crippen LogP contribution in [-0.2, 0) is 19.3 Å². The Morgan fingerprint density at radius 1 is 1.26 bits per heavy atom. The summed E-state index contributed by atoms with van der Waals surface area (Å²) in [6.45, 7) is 4.91. The molecule has 1 aromatic heterocycles. The summed E-state index contributed by atoms with van der Waals surface area (Å²) in [7, 11) is 3.46. The van der Waals surface area contributed by atoms with Gasteiger partial charge in [0.15, 0.2) is 11.7 Å². The highest BCUT2D eigenvalue weighted by molar-refractivity contribution is 14.0. The van der Waals surface area contributed by atoms with E-state index in [4.69, 9.17) is 4.52 Å². The van der Waals surface area contributed by atoms with Crippen LogP contribution in [-0.4, -0.2) is 30.1 Å². The van der Waals surface area contributed by atoms with Crippen LogP contribution in [0.3, 0.4) is 0 Å². The van der Waals surface area contributed by atoms with Gasteiger partial charge in [0.2, 0.25) is 0 Å². The Hall–Kier alpha value is -1.78. The first-order valence-corrected chi connectivity index (χ1v) is 8.24. The molecule has 9 heteroatoms. The van der Waals surface area contributed by atoms with E-state index >= 15 is 0 Å². The van der Waals surface area contributed by atoms with E-state index in [1.165, 1.54) is 12.1 Å². The molecule has 1 aromatic carbocycles. The van der Waals surface area contributed by atoms with Crippen LogP contribution in [0.15, 0.2) is 39.8 Å². The second kappa shape index (κ2) is 9.95. The number of alkyl halides is 3. The van der Waals surface area contributed by atoms with Gasteiger partial charge >= 0.3 is 6.18 Å². The van der Waals surface area contributed by atoms with Gasteiger partial charge < -0.3 is 14.7 Å². The topological polar surface area (TPSA) is 53.7 Å². The maximum atomic E-state index is 12.6. The van der Waals surface area contributed by atoms with Gasteiger partial charge in [-0.15, -0.1) is 24.0 Å². The molecular formula is C18H24F3IN4O. The van der Waals surface area contributed by atoms with Crippen LogP contribution in [0.5, 0.6) is 0 Å². The standard InChI is InChI=1S/C18H23F3N4O.HI/c1-12(2)16-9-15(26-24-16)10-23-17(22-3)25(4)11-13-5-7-14(8-6-13)18(19,20)21;/h5-9,12H,10-11H2,1-4H3,(H,22,23);1H. The zero-order chi connectivity index (χ0) is 19.3. The van der Waals surface area contributed by atoms with Crippen molar-refractivity contribution in [2.75, 3.05) is 14.1 Å². The number of hydrogen-bond donors (Lipinski definition) is 1. The van der Waals surface area contributed by atoms with Crippen LogP contribution in [0, 0.1) is 0 Å². The molecule has 0 amide bonds. The molecule has 2 rings (SSSR count). The SMILES string of the molecule is CN=C(NCc1cc(C(C)C)no1)N(C)Cc1ccc(C(F)(F)F)cc1.I. The summed E-state index contributed by atoms with van der Waals surface area (Å²) in [5, 5.41) is 7.16. The summed E-state index contributed by atoms with van der Waals surface area (Å²) in [6, 6.07) is 7.00. The predicted octanol–water partition coefficient (Wildman–Crippen LogP) is 4.64. The minimum atomic E-state index is -4.33. The predicted molar refractivity (Wildman–Crippen MR) is 109 cm³/mol. The monoisotopic (exact) mass is 496 g/mol. The third-order valence-electron chi connectivity index (χ3n) is 3.86. The number of rotatable bonds is 5. The lowest BCUT2D eigenvalue weighted by Gasteiger charge is -2.22. The summed E-state index contributed by atoms with van der Waals surface area (Å²) in [6.07, 6.45) is -4.33. The van der Waals surface area contributed by atoms with Gasteiger partial charge in [0.05, 0.1) is 17.8 Å². The highest BCUT2D eigenvalue weighted by Gasteiger charge is 2.29. The molecule has 0 bridgehead atoms. The normalized spacial score (nSPS) is 12.1. The van der Waals surface area contributed by atoms with E-state index in [2.05, 4.69) is 15.5 Å². The van der Waals surface area contributed by atoms with E-state index in [0.29, 0.717) is 24.8 Å². The summed E-state index contributed by atoms with van der Waals surface area (Å²) in [5.74, 6) is 1.58. The van der Waals surface area contributed by atoms with Crippen molar-refractivity contribution in [3.63, 3.8) is 0 Å².